The maximum absolute atomic E-state index is 13.5. The first-order valence-corrected chi connectivity index (χ1v) is 10.9. The Bertz CT molecular complexity index is 1320. The summed E-state index contributed by atoms with van der Waals surface area (Å²) in [6.45, 7) is 3.72. The first-order valence-electron chi connectivity index (χ1n) is 9.46. The summed E-state index contributed by atoms with van der Waals surface area (Å²) in [6.07, 6.45) is 0. The number of amides is 2. The van der Waals surface area contributed by atoms with Crippen molar-refractivity contribution in [3.63, 3.8) is 0 Å². The molecule has 0 atom stereocenters. The van der Waals surface area contributed by atoms with E-state index in [-0.39, 0.29) is 28.5 Å². The van der Waals surface area contributed by atoms with E-state index >= 15 is 0 Å². The Morgan fingerprint density at radius 2 is 1.68 bits per heavy atom. The van der Waals surface area contributed by atoms with E-state index in [1.807, 2.05) is 13.8 Å². The molecule has 0 saturated heterocycles. The molecule has 0 unspecified atom stereocenters. The van der Waals surface area contributed by atoms with Crippen LogP contribution in [0.5, 0.6) is 0 Å². The monoisotopic (exact) mass is 437 g/mol. The molecule has 0 saturated carbocycles. The second kappa shape index (κ2) is 7.51. The molecule has 0 fully saturated rings. The first kappa shape index (κ1) is 20.5. The predicted octanol–water partition coefficient (Wildman–Crippen LogP) is 4.55. The molecule has 0 bridgehead atoms. The van der Waals surface area contributed by atoms with Crippen LogP contribution in [0, 0.1) is 24.0 Å². The molecule has 158 valence electrons. The third-order valence-corrected chi connectivity index (χ3v) is 7.01. The second-order valence-electron chi connectivity index (χ2n) is 7.30. The van der Waals surface area contributed by atoms with Crippen molar-refractivity contribution in [1.29, 1.82) is 0 Å². The lowest BCUT2D eigenvalue weighted by Crippen LogP contribution is -2.50. The van der Waals surface area contributed by atoms with Gasteiger partial charge in [-0.15, -0.1) is 0 Å². The van der Waals surface area contributed by atoms with Gasteiger partial charge in [0.1, 0.15) is 4.90 Å². The van der Waals surface area contributed by atoms with Crippen LogP contribution < -0.4 is 9.21 Å². The maximum atomic E-state index is 13.5. The fraction of sp³-hybridized carbons (Fsp3) is 0.136. The number of anilines is 2. The number of benzene rings is 3. The molecule has 0 aromatic heterocycles. The number of sulfonamides is 1. The zero-order chi connectivity index (χ0) is 22.3. The minimum Gasteiger partial charge on any atom is -0.287 e. The lowest BCUT2D eigenvalue weighted by Gasteiger charge is -2.36. The van der Waals surface area contributed by atoms with Gasteiger partial charge >= 0.3 is 6.03 Å². The summed E-state index contributed by atoms with van der Waals surface area (Å²) in [7, 11) is -4.13. The average Bonchev–Trinajstić information content (AvgIpc) is 2.74. The van der Waals surface area contributed by atoms with E-state index in [0.29, 0.717) is 5.56 Å². The number of hydrogen-bond donors (Lipinski definition) is 0. The van der Waals surface area contributed by atoms with Crippen molar-refractivity contribution >= 4 is 33.1 Å². The molecule has 3 aromatic carbocycles. The van der Waals surface area contributed by atoms with Gasteiger partial charge in [-0.2, -0.15) is 4.31 Å². The lowest BCUT2D eigenvalue weighted by atomic mass is 10.1. The van der Waals surface area contributed by atoms with Crippen LogP contribution in [0.2, 0.25) is 0 Å². The van der Waals surface area contributed by atoms with Crippen LogP contribution in [-0.2, 0) is 16.6 Å². The number of nitrogens with zero attached hydrogens (tertiary/aromatic N) is 3. The van der Waals surface area contributed by atoms with Gasteiger partial charge in [0, 0.05) is 12.1 Å². The van der Waals surface area contributed by atoms with Crippen molar-refractivity contribution in [2.45, 2.75) is 25.3 Å². The summed E-state index contributed by atoms with van der Waals surface area (Å²) in [6, 6.07) is 16.4. The molecule has 0 spiro atoms. The third-order valence-electron chi connectivity index (χ3n) is 5.27. The van der Waals surface area contributed by atoms with Crippen LogP contribution in [0.15, 0.2) is 71.6 Å². The number of fused-ring (bicyclic) bond motifs is 1. The van der Waals surface area contributed by atoms with E-state index in [4.69, 9.17) is 0 Å². The Balaban J connectivity index is 1.85. The van der Waals surface area contributed by atoms with Gasteiger partial charge < -0.3 is 0 Å². The largest absolute Gasteiger partial charge is 0.343 e. The quantitative estimate of drug-likeness (QED) is 0.440. The Kier molecular flexibility index (Phi) is 4.98. The van der Waals surface area contributed by atoms with Crippen molar-refractivity contribution in [3.8, 4) is 0 Å². The Morgan fingerprint density at radius 3 is 2.39 bits per heavy atom. The summed E-state index contributed by atoms with van der Waals surface area (Å²) in [5.74, 6) is 0. The molecule has 31 heavy (non-hydrogen) atoms. The molecule has 1 aliphatic heterocycles. The molecule has 4 rings (SSSR count). The highest BCUT2D eigenvalue weighted by atomic mass is 32.2. The van der Waals surface area contributed by atoms with Crippen LogP contribution in [0.3, 0.4) is 0 Å². The van der Waals surface area contributed by atoms with Crippen molar-refractivity contribution in [1.82, 2.24) is 0 Å². The molecule has 0 radical (unpaired) electrons. The third kappa shape index (κ3) is 3.53. The summed E-state index contributed by atoms with van der Waals surface area (Å²) in [4.78, 5) is 25.4. The van der Waals surface area contributed by atoms with E-state index in [1.165, 1.54) is 29.2 Å². The Labute approximate surface area is 179 Å². The first-order chi connectivity index (χ1) is 14.7. The van der Waals surface area contributed by atoms with E-state index in [2.05, 4.69) is 0 Å². The molecular weight excluding hydrogens is 418 g/mol. The Morgan fingerprint density at radius 1 is 0.935 bits per heavy atom. The molecule has 2 amide bonds. The van der Waals surface area contributed by atoms with Gasteiger partial charge in [0.15, 0.2) is 0 Å². The van der Waals surface area contributed by atoms with Gasteiger partial charge in [0.05, 0.1) is 22.8 Å². The van der Waals surface area contributed by atoms with Crippen molar-refractivity contribution < 1.29 is 18.1 Å². The minimum atomic E-state index is -4.13. The molecule has 0 N–H and O–H groups in total. The average molecular weight is 437 g/mol. The number of carbonyl (C=O) groups is 1. The molecule has 1 heterocycles. The highest BCUT2D eigenvalue weighted by Gasteiger charge is 2.42. The van der Waals surface area contributed by atoms with Crippen LogP contribution in [0.4, 0.5) is 21.9 Å². The summed E-state index contributed by atoms with van der Waals surface area (Å²) >= 11 is 0. The van der Waals surface area contributed by atoms with E-state index in [0.717, 1.165) is 15.4 Å². The summed E-state index contributed by atoms with van der Waals surface area (Å²) < 4.78 is 27.5. The van der Waals surface area contributed by atoms with Crippen molar-refractivity contribution in [2.75, 3.05) is 9.21 Å². The van der Waals surface area contributed by atoms with E-state index in [9.17, 15) is 23.3 Å². The van der Waals surface area contributed by atoms with Crippen molar-refractivity contribution in [2.24, 2.45) is 0 Å². The van der Waals surface area contributed by atoms with Crippen LogP contribution in [0.1, 0.15) is 16.7 Å². The molecule has 8 nitrogen and oxygen atoms in total. The lowest BCUT2D eigenvalue weighted by molar-refractivity contribution is -0.384. The smallest absolute Gasteiger partial charge is 0.287 e. The fourth-order valence-corrected chi connectivity index (χ4v) is 5.10. The molecule has 9 heteroatoms. The van der Waals surface area contributed by atoms with Crippen LogP contribution in [0.25, 0.3) is 0 Å². The fourth-order valence-electron chi connectivity index (χ4n) is 3.52. The predicted molar refractivity (Wildman–Crippen MR) is 117 cm³/mol. The Hall–Kier alpha value is -3.72. The number of rotatable bonds is 4. The standard InChI is InChI=1S/C22H19N3O5S/c1-15-10-11-18(12-16(15)2)24-22(26)23(14-17-6-5-7-19(13-17)25(27)28)20-8-3-4-9-21(20)31(24,29)30/h3-13H,14H2,1-2H3. The van der Waals surface area contributed by atoms with E-state index in [1.54, 1.807) is 42.5 Å². The van der Waals surface area contributed by atoms with Gasteiger partial charge in [0.25, 0.3) is 15.7 Å². The van der Waals surface area contributed by atoms with Gasteiger partial charge in [-0.25, -0.2) is 13.2 Å². The number of aryl methyl sites for hydroxylation is 2. The number of carbonyl (C=O) groups excluding carboxylic acids is 1. The zero-order valence-electron chi connectivity index (χ0n) is 16.8. The number of urea groups is 1. The second-order valence-corrected chi connectivity index (χ2v) is 9.06. The number of hydrogen-bond acceptors (Lipinski definition) is 5. The minimum absolute atomic E-state index is 0.00161. The van der Waals surface area contributed by atoms with Gasteiger partial charge in [-0.05, 0) is 54.8 Å². The van der Waals surface area contributed by atoms with E-state index < -0.39 is 21.0 Å². The van der Waals surface area contributed by atoms with Gasteiger partial charge in [-0.3, -0.25) is 15.0 Å². The number of para-hydroxylation sites is 1. The number of nitro benzene ring substituents is 1. The summed E-state index contributed by atoms with van der Waals surface area (Å²) in [5.41, 5.74) is 2.71. The SMILES string of the molecule is Cc1ccc(N2C(=O)N(Cc3cccc([N+](=O)[O-])c3)c3ccccc3S2(=O)=O)cc1C. The van der Waals surface area contributed by atoms with Crippen molar-refractivity contribution in [3.05, 3.63) is 93.5 Å². The van der Waals surface area contributed by atoms with Crippen LogP contribution in [-0.4, -0.2) is 19.4 Å². The highest BCUT2D eigenvalue weighted by Crippen LogP contribution is 2.38. The topological polar surface area (TPSA) is 101 Å². The maximum Gasteiger partial charge on any atom is 0.343 e. The van der Waals surface area contributed by atoms with Gasteiger partial charge in [-0.1, -0.05) is 30.3 Å². The molecule has 1 aliphatic rings. The van der Waals surface area contributed by atoms with Crippen LogP contribution >= 0.6 is 0 Å². The molecule has 3 aromatic rings. The van der Waals surface area contributed by atoms with Gasteiger partial charge in [0.2, 0.25) is 0 Å². The normalized spacial score (nSPS) is 15.0. The number of non-ortho nitro benzene ring substituents is 1. The zero-order valence-corrected chi connectivity index (χ0v) is 17.7. The molecule has 0 aliphatic carbocycles. The summed E-state index contributed by atoms with van der Waals surface area (Å²) in [5, 5.41) is 11.1. The highest BCUT2D eigenvalue weighted by molar-refractivity contribution is 7.94. The molecular formula is C22H19N3O5S. The number of nitro groups is 1.